The molecule has 0 aromatic heterocycles. The van der Waals surface area contributed by atoms with Crippen LogP contribution in [0.3, 0.4) is 0 Å². The van der Waals surface area contributed by atoms with Gasteiger partial charge in [-0.25, -0.2) is 0 Å². The summed E-state index contributed by atoms with van der Waals surface area (Å²) in [5.74, 6) is 0. The Hall–Kier alpha value is -0.160. The molecule has 4 heteroatoms. The average molecular weight is 148 g/mol. The Morgan fingerprint density at radius 3 is 2.90 bits per heavy atom. The summed E-state index contributed by atoms with van der Waals surface area (Å²) in [4.78, 5) is 0. The van der Waals surface area contributed by atoms with Gasteiger partial charge in [0, 0.05) is 19.4 Å². The minimum Gasteiger partial charge on any atom is -0.396 e. The van der Waals surface area contributed by atoms with Crippen molar-refractivity contribution >= 4 is 0 Å². The molecule has 1 rings (SSSR count). The van der Waals surface area contributed by atoms with Crippen LogP contribution in [0, 0.1) is 0 Å². The van der Waals surface area contributed by atoms with E-state index >= 15 is 0 Å². The van der Waals surface area contributed by atoms with Gasteiger partial charge in [0.05, 0.1) is 6.61 Å². The molecular weight excluding hydrogens is 136 g/mol. The van der Waals surface area contributed by atoms with Crippen LogP contribution in [0.15, 0.2) is 0 Å². The first-order chi connectivity index (χ1) is 4.83. The summed E-state index contributed by atoms with van der Waals surface area (Å²) >= 11 is 0. The van der Waals surface area contributed by atoms with Crippen LogP contribution in [0.1, 0.15) is 12.8 Å². The zero-order chi connectivity index (χ0) is 7.40. The van der Waals surface area contributed by atoms with Crippen LogP contribution in [0.25, 0.3) is 0 Å². The van der Waals surface area contributed by atoms with Crippen LogP contribution in [0.5, 0.6) is 0 Å². The third-order valence-corrected chi connectivity index (χ3v) is 1.34. The van der Waals surface area contributed by atoms with Crippen LogP contribution in [-0.2, 0) is 9.47 Å². The fraction of sp³-hybridized carbons (Fsp3) is 1.00. The second-order valence-electron chi connectivity index (χ2n) is 2.19. The maximum atomic E-state index is 8.92. The van der Waals surface area contributed by atoms with E-state index in [0.29, 0.717) is 19.4 Å². The topological polar surface area (TPSA) is 58.9 Å². The van der Waals surface area contributed by atoms with E-state index in [2.05, 4.69) is 0 Å². The third kappa shape index (κ3) is 2.22. The molecule has 2 N–H and O–H groups in total. The molecule has 0 aliphatic carbocycles. The lowest BCUT2D eigenvalue weighted by Crippen LogP contribution is -2.32. The van der Waals surface area contributed by atoms with Crippen molar-refractivity contribution in [2.24, 2.45) is 0 Å². The van der Waals surface area contributed by atoms with Gasteiger partial charge in [0.2, 0.25) is 0 Å². The summed E-state index contributed by atoms with van der Waals surface area (Å²) in [5, 5.41) is 17.4. The maximum absolute atomic E-state index is 8.92. The van der Waals surface area contributed by atoms with Crippen LogP contribution in [0.4, 0.5) is 0 Å². The van der Waals surface area contributed by atoms with Gasteiger partial charge in [-0.1, -0.05) is 0 Å². The molecule has 1 heterocycles. The van der Waals surface area contributed by atoms with E-state index in [-0.39, 0.29) is 6.61 Å². The van der Waals surface area contributed by atoms with Crippen molar-refractivity contribution in [1.29, 1.82) is 0 Å². The van der Waals surface area contributed by atoms with Gasteiger partial charge in [-0.05, 0) is 0 Å². The molecule has 0 amide bonds. The van der Waals surface area contributed by atoms with Crippen molar-refractivity contribution in [1.82, 2.24) is 0 Å². The smallest absolute Gasteiger partial charge is 0.162 e. The quantitative estimate of drug-likeness (QED) is 0.551. The predicted octanol–water partition coefficient (Wildman–Crippen LogP) is -0.550. The van der Waals surface area contributed by atoms with Gasteiger partial charge in [-0.2, -0.15) is 0 Å². The van der Waals surface area contributed by atoms with Crippen molar-refractivity contribution in [3.8, 4) is 0 Å². The second kappa shape index (κ2) is 3.88. The number of rotatable bonds is 2. The minimum absolute atomic E-state index is 0.0252. The molecule has 2 atom stereocenters. The molecule has 10 heavy (non-hydrogen) atoms. The molecule has 1 saturated heterocycles. The van der Waals surface area contributed by atoms with Crippen LogP contribution < -0.4 is 0 Å². The number of hydrogen-bond acceptors (Lipinski definition) is 4. The average Bonchev–Trinajstić information content (AvgIpc) is 1.88. The zero-order valence-electron chi connectivity index (χ0n) is 5.69. The first-order valence-electron chi connectivity index (χ1n) is 3.39. The summed E-state index contributed by atoms with van der Waals surface area (Å²) in [7, 11) is 0. The van der Waals surface area contributed by atoms with Gasteiger partial charge < -0.3 is 19.7 Å². The largest absolute Gasteiger partial charge is 0.396 e. The van der Waals surface area contributed by atoms with Crippen molar-refractivity contribution in [3.05, 3.63) is 0 Å². The summed E-state index contributed by atoms with van der Waals surface area (Å²) in [6, 6.07) is 0. The van der Waals surface area contributed by atoms with E-state index in [1.54, 1.807) is 0 Å². The molecule has 60 valence electrons. The highest BCUT2D eigenvalue weighted by atomic mass is 16.7. The van der Waals surface area contributed by atoms with E-state index in [1.165, 1.54) is 0 Å². The Bertz CT molecular complexity index is 93.7. The molecule has 0 aromatic rings. The van der Waals surface area contributed by atoms with Crippen LogP contribution in [0.2, 0.25) is 0 Å². The van der Waals surface area contributed by atoms with E-state index < -0.39 is 12.6 Å². The Morgan fingerprint density at radius 2 is 2.30 bits per heavy atom. The highest BCUT2D eigenvalue weighted by Crippen LogP contribution is 2.11. The Morgan fingerprint density at radius 1 is 1.50 bits per heavy atom. The lowest BCUT2D eigenvalue weighted by atomic mass is 10.3. The lowest BCUT2D eigenvalue weighted by Gasteiger charge is -2.26. The predicted molar refractivity (Wildman–Crippen MR) is 33.2 cm³/mol. The summed E-state index contributed by atoms with van der Waals surface area (Å²) < 4.78 is 9.95. The van der Waals surface area contributed by atoms with Crippen molar-refractivity contribution in [2.45, 2.75) is 25.4 Å². The molecule has 4 nitrogen and oxygen atoms in total. The molecule has 1 aliphatic rings. The molecule has 0 spiro atoms. The molecule has 0 radical (unpaired) electrons. The number of hydrogen-bond donors (Lipinski definition) is 2. The lowest BCUT2D eigenvalue weighted by molar-refractivity contribution is -0.272. The third-order valence-electron chi connectivity index (χ3n) is 1.34. The second-order valence-corrected chi connectivity index (χ2v) is 2.19. The zero-order valence-corrected chi connectivity index (χ0v) is 5.69. The molecular formula is C6H12O4. The fourth-order valence-corrected chi connectivity index (χ4v) is 0.840. The molecule has 1 aliphatic heterocycles. The molecule has 0 unspecified atom stereocenters. The molecule has 0 saturated carbocycles. The fourth-order valence-electron chi connectivity index (χ4n) is 0.840. The summed E-state index contributed by atoms with van der Waals surface area (Å²) in [6.07, 6.45) is -0.196. The van der Waals surface area contributed by atoms with Crippen molar-refractivity contribution < 1.29 is 19.7 Å². The Balaban J connectivity index is 2.18. The highest BCUT2D eigenvalue weighted by Gasteiger charge is 2.19. The first-order valence-corrected chi connectivity index (χ1v) is 3.39. The SMILES string of the molecule is OCC[C@@H]1OCC[C@H](O)O1. The van der Waals surface area contributed by atoms with E-state index in [4.69, 9.17) is 19.7 Å². The van der Waals surface area contributed by atoms with E-state index in [0.717, 1.165) is 0 Å². The normalized spacial score (nSPS) is 34.2. The van der Waals surface area contributed by atoms with Crippen molar-refractivity contribution in [2.75, 3.05) is 13.2 Å². The van der Waals surface area contributed by atoms with Crippen LogP contribution >= 0.6 is 0 Å². The molecule has 0 bridgehead atoms. The number of aliphatic hydroxyl groups excluding tert-OH is 2. The standard InChI is InChI=1S/C6H12O4/c7-3-1-6-9-4-2-5(8)10-6/h5-8H,1-4H2/t5-,6-/m1/s1. The van der Waals surface area contributed by atoms with Gasteiger partial charge in [-0.3, -0.25) is 0 Å². The number of ether oxygens (including phenoxy) is 2. The van der Waals surface area contributed by atoms with E-state index in [9.17, 15) is 0 Å². The Labute approximate surface area is 59.4 Å². The first kappa shape index (κ1) is 7.94. The van der Waals surface area contributed by atoms with Crippen molar-refractivity contribution in [3.63, 3.8) is 0 Å². The van der Waals surface area contributed by atoms with E-state index in [1.807, 2.05) is 0 Å². The summed E-state index contributed by atoms with van der Waals surface area (Å²) in [5.41, 5.74) is 0. The Kier molecular flexibility index (Phi) is 3.08. The summed E-state index contributed by atoms with van der Waals surface area (Å²) in [6.45, 7) is 0.531. The molecule has 0 aromatic carbocycles. The van der Waals surface area contributed by atoms with Gasteiger partial charge in [0.15, 0.2) is 12.6 Å². The van der Waals surface area contributed by atoms with Crippen LogP contribution in [-0.4, -0.2) is 36.0 Å². The highest BCUT2D eigenvalue weighted by molar-refractivity contribution is 4.53. The maximum Gasteiger partial charge on any atom is 0.162 e. The van der Waals surface area contributed by atoms with Gasteiger partial charge >= 0.3 is 0 Å². The van der Waals surface area contributed by atoms with Gasteiger partial charge in [0.1, 0.15) is 0 Å². The number of aliphatic hydroxyl groups is 2. The minimum atomic E-state index is -0.717. The monoisotopic (exact) mass is 148 g/mol. The van der Waals surface area contributed by atoms with Gasteiger partial charge in [0.25, 0.3) is 0 Å². The molecule has 1 fully saturated rings. The van der Waals surface area contributed by atoms with Gasteiger partial charge in [-0.15, -0.1) is 0 Å².